The van der Waals surface area contributed by atoms with Crippen LogP contribution in [0.25, 0.3) is 0 Å². The lowest BCUT2D eigenvalue weighted by molar-refractivity contribution is 0.359. The first-order valence-electron chi connectivity index (χ1n) is 10.6. The number of aryl methyl sites for hydroxylation is 1. The Bertz CT molecular complexity index is 813. The first-order chi connectivity index (χ1) is 14.3. The largest absolute Gasteiger partial charge is 0.489 e. The van der Waals surface area contributed by atoms with E-state index in [2.05, 4.69) is 38.9 Å². The molecule has 0 unspecified atom stereocenters. The molecular weight excluding hydrogens is 364 g/mol. The number of guanidine groups is 1. The summed E-state index contributed by atoms with van der Waals surface area (Å²) >= 11 is 0. The molecule has 3 rings (SSSR count). The van der Waals surface area contributed by atoms with Gasteiger partial charge in [-0.15, -0.1) is 10.2 Å². The summed E-state index contributed by atoms with van der Waals surface area (Å²) < 4.78 is 8.02. The molecule has 0 bridgehead atoms. The maximum Gasteiger partial charge on any atom is 0.191 e. The van der Waals surface area contributed by atoms with Crippen LogP contribution in [0, 0.1) is 0 Å². The molecule has 1 aliphatic rings. The van der Waals surface area contributed by atoms with E-state index in [1.165, 1.54) is 19.3 Å². The molecular formula is C22H32N6O. The van der Waals surface area contributed by atoms with E-state index in [9.17, 15) is 0 Å². The zero-order valence-corrected chi connectivity index (χ0v) is 17.4. The van der Waals surface area contributed by atoms with Gasteiger partial charge in [-0.05, 0) is 25.8 Å². The van der Waals surface area contributed by atoms with Crippen molar-refractivity contribution in [3.05, 3.63) is 54.1 Å². The fourth-order valence-corrected chi connectivity index (χ4v) is 3.45. The van der Waals surface area contributed by atoms with E-state index < -0.39 is 0 Å². The third kappa shape index (κ3) is 6.07. The van der Waals surface area contributed by atoms with Gasteiger partial charge in [0.15, 0.2) is 5.96 Å². The summed E-state index contributed by atoms with van der Waals surface area (Å²) in [6.45, 7) is 9.41. The highest BCUT2D eigenvalue weighted by Crippen LogP contribution is 2.19. The van der Waals surface area contributed by atoms with Crippen LogP contribution in [-0.4, -0.2) is 40.4 Å². The second-order valence-corrected chi connectivity index (χ2v) is 7.07. The number of aromatic nitrogens is 3. The Morgan fingerprint density at radius 1 is 1.24 bits per heavy atom. The first kappa shape index (κ1) is 20.9. The van der Waals surface area contributed by atoms with Gasteiger partial charge < -0.3 is 19.9 Å². The van der Waals surface area contributed by atoms with E-state index >= 15 is 0 Å². The average molecular weight is 397 g/mol. The number of hydrogen-bond donors (Lipinski definition) is 2. The molecule has 1 aromatic heterocycles. The van der Waals surface area contributed by atoms with Crippen molar-refractivity contribution in [2.75, 3.05) is 19.7 Å². The third-order valence-electron chi connectivity index (χ3n) is 4.91. The van der Waals surface area contributed by atoms with Gasteiger partial charge in [0.2, 0.25) is 0 Å². The Morgan fingerprint density at radius 2 is 2.14 bits per heavy atom. The van der Waals surface area contributed by atoms with Gasteiger partial charge in [-0.2, -0.15) is 0 Å². The van der Waals surface area contributed by atoms with Gasteiger partial charge in [0.05, 0.1) is 6.54 Å². The Hall–Kier alpha value is -2.83. The molecule has 0 aliphatic carbocycles. The Morgan fingerprint density at radius 3 is 3.00 bits per heavy atom. The number of fused-ring (bicyclic) bond motifs is 1. The van der Waals surface area contributed by atoms with Gasteiger partial charge in [0.1, 0.15) is 24.0 Å². The van der Waals surface area contributed by atoms with Crippen molar-refractivity contribution in [3.8, 4) is 5.75 Å². The highest BCUT2D eigenvalue weighted by molar-refractivity contribution is 5.79. The predicted octanol–water partition coefficient (Wildman–Crippen LogP) is 2.87. The molecule has 2 aromatic rings. The molecule has 0 spiro atoms. The number of benzene rings is 1. The highest BCUT2D eigenvalue weighted by atomic mass is 16.5. The second kappa shape index (κ2) is 11.2. The summed E-state index contributed by atoms with van der Waals surface area (Å²) in [6, 6.07) is 7.97. The van der Waals surface area contributed by atoms with Crippen LogP contribution in [0.4, 0.5) is 0 Å². The van der Waals surface area contributed by atoms with Crippen LogP contribution in [-0.2, 0) is 25.9 Å². The Balaban J connectivity index is 1.58. The molecule has 2 N–H and O–H groups in total. The lowest BCUT2D eigenvalue weighted by Gasteiger charge is -2.13. The quantitative estimate of drug-likeness (QED) is 0.387. The minimum absolute atomic E-state index is 0.488. The van der Waals surface area contributed by atoms with E-state index in [-0.39, 0.29) is 0 Å². The number of para-hydroxylation sites is 1. The van der Waals surface area contributed by atoms with Crippen molar-refractivity contribution < 1.29 is 4.74 Å². The number of nitrogens with one attached hydrogen (secondary N) is 2. The van der Waals surface area contributed by atoms with Crippen molar-refractivity contribution in [3.63, 3.8) is 0 Å². The third-order valence-corrected chi connectivity index (χ3v) is 4.91. The summed E-state index contributed by atoms with van der Waals surface area (Å²) in [5.41, 5.74) is 1.05. The first-order valence-corrected chi connectivity index (χ1v) is 10.6. The van der Waals surface area contributed by atoms with Gasteiger partial charge in [0, 0.05) is 38.0 Å². The number of hydrogen-bond acceptors (Lipinski definition) is 4. The molecule has 0 fully saturated rings. The molecule has 7 nitrogen and oxygen atoms in total. The normalized spacial score (nSPS) is 14.0. The van der Waals surface area contributed by atoms with Crippen molar-refractivity contribution in [2.24, 2.45) is 4.99 Å². The van der Waals surface area contributed by atoms with Gasteiger partial charge in [-0.3, -0.25) is 0 Å². The second-order valence-electron chi connectivity index (χ2n) is 7.07. The molecule has 0 amide bonds. The molecule has 1 aliphatic heterocycles. The molecule has 0 atom stereocenters. The molecule has 7 heteroatoms. The molecule has 0 saturated heterocycles. The van der Waals surface area contributed by atoms with Crippen molar-refractivity contribution in [1.82, 2.24) is 25.4 Å². The smallest absolute Gasteiger partial charge is 0.191 e. The molecule has 29 heavy (non-hydrogen) atoms. The summed E-state index contributed by atoms with van der Waals surface area (Å²) in [5.74, 6) is 3.84. The topological polar surface area (TPSA) is 76.4 Å². The number of rotatable bonds is 9. The van der Waals surface area contributed by atoms with Crippen LogP contribution in [0.2, 0.25) is 0 Å². The Labute approximate surface area is 173 Å². The van der Waals surface area contributed by atoms with Crippen LogP contribution in [0.5, 0.6) is 5.75 Å². The minimum atomic E-state index is 0.488. The van der Waals surface area contributed by atoms with Gasteiger partial charge >= 0.3 is 0 Å². The van der Waals surface area contributed by atoms with E-state index in [0.717, 1.165) is 61.4 Å². The van der Waals surface area contributed by atoms with Crippen LogP contribution in [0.15, 0.2) is 41.9 Å². The van der Waals surface area contributed by atoms with Crippen LogP contribution in [0.1, 0.15) is 43.4 Å². The maximum atomic E-state index is 5.73. The van der Waals surface area contributed by atoms with E-state index in [4.69, 9.17) is 9.73 Å². The Kier molecular flexibility index (Phi) is 8.10. The van der Waals surface area contributed by atoms with Crippen LogP contribution < -0.4 is 15.4 Å². The summed E-state index contributed by atoms with van der Waals surface area (Å²) in [7, 11) is 0. The van der Waals surface area contributed by atoms with Crippen molar-refractivity contribution in [1.29, 1.82) is 0 Å². The zero-order valence-electron chi connectivity index (χ0n) is 17.4. The molecule has 0 radical (unpaired) electrons. The lowest BCUT2D eigenvalue weighted by Crippen LogP contribution is -2.38. The van der Waals surface area contributed by atoms with Crippen molar-refractivity contribution in [2.45, 2.75) is 52.1 Å². The number of aliphatic imine (C=N–C) groups is 1. The summed E-state index contributed by atoms with van der Waals surface area (Å²) in [5, 5.41) is 15.5. The van der Waals surface area contributed by atoms with Crippen LogP contribution >= 0.6 is 0 Å². The number of nitrogens with zero attached hydrogens (tertiary/aromatic N) is 4. The monoisotopic (exact) mass is 396 g/mol. The highest BCUT2D eigenvalue weighted by Gasteiger charge is 2.14. The zero-order chi connectivity index (χ0) is 20.3. The fourth-order valence-electron chi connectivity index (χ4n) is 3.45. The summed E-state index contributed by atoms with van der Waals surface area (Å²) in [4.78, 5) is 4.72. The average Bonchev–Trinajstić information content (AvgIpc) is 2.97. The molecule has 1 aromatic carbocycles. The van der Waals surface area contributed by atoms with Crippen molar-refractivity contribution >= 4 is 5.96 Å². The van der Waals surface area contributed by atoms with E-state index in [0.29, 0.717) is 13.2 Å². The van der Waals surface area contributed by atoms with Gasteiger partial charge in [0.25, 0.3) is 0 Å². The predicted molar refractivity (Wildman–Crippen MR) is 116 cm³/mol. The summed E-state index contributed by atoms with van der Waals surface area (Å²) in [6.07, 6.45) is 7.32. The number of ether oxygens (including phenoxy) is 1. The SMILES string of the molecule is C=CCOc1ccccc1CN=C(NCC)NCCc1nnc2n1CCCCC2. The standard InChI is InChI=1S/C22H32N6O/c1-3-16-29-19-11-8-7-10-18(19)17-25-22(23-4-2)24-14-13-21-27-26-20-12-6-5-9-15-28(20)21/h3,7-8,10-11H,1,4-6,9,12-17H2,2H3,(H2,23,24,25). The molecule has 2 heterocycles. The minimum Gasteiger partial charge on any atom is -0.489 e. The molecule has 156 valence electrons. The fraction of sp³-hybridized carbons (Fsp3) is 0.500. The van der Waals surface area contributed by atoms with Crippen LogP contribution in [0.3, 0.4) is 0 Å². The van der Waals surface area contributed by atoms with E-state index in [1.54, 1.807) is 6.08 Å². The maximum absolute atomic E-state index is 5.73. The lowest BCUT2D eigenvalue weighted by atomic mass is 10.2. The van der Waals surface area contributed by atoms with E-state index in [1.807, 2.05) is 24.3 Å². The molecule has 0 saturated carbocycles. The van der Waals surface area contributed by atoms with Gasteiger partial charge in [-0.25, -0.2) is 4.99 Å². The van der Waals surface area contributed by atoms with Gasteiger partial charge in [-0.1, -0.05) is 37.3 Å².